The summed E-state index contributed by atoms with van der Waals surface area (Å²) < 4.78 is 1.05. The summed E-state index contributed by atoms with van der Waals surface area (Å²) in [5.41, 5.74) is 1.13. The number of hydrogen-bond acceptors (Lipinski definition) is 2. The lowest BCUT2D eigenvalue weighted by atomic mass is 10.2. The predicted molar refractivity (Wildman–Crippen MR) is 68.6 cm³/mol. The van der Waals surface area contributed by atoms with Gasteiger partial charge in [0.05, 0.1) is 8.66 Å². The molecule has 1 amide bonds. The molecule has 0 bridgehead atoms. The molecule has 0 saturated heterocycles. The van der Waals surface area contributed by atoms with E-state index in [9.17, 15) is 4.79 Å². The Morgan fingerprint density at radius 2 is 2.20 bits per heavy atom. The van der Waals surface area contributed by atoms with Crippen molar-refractivity contribution >= 4 is 33.2 Å². The summed E-state index contributed by atoms with van der Waals surface area (Å²) in [5, 5.41) is 0. The third-order valence-electron chi connectivity index (χ3n) is 2.29. The minimum atomic E-state index is 0.131. The number of carbonyl (C=O) groups is 1. The third kappa shape index (κ3) is 2.82. The summed E-state index contributed by atoms with van der Waals surface area (Å²) in [7, 11) is 0. The van der Waals surface area contributed by atoms with Gasteiger partial charge in [0.15, 0.2) is 0 Å². The molecule has 1 aromatic rings. The number of halogens is 1. The van der Waals surface area contributed by atoms with Gasteiger partial charge >= 0.3 is 0 Å². The van der Waals surface area contributed by atoms with Gasteiger partial charge in [0.2, 0.25) is 0 Å². The first kappa shape index (κ1) is 12.7. The highest BCUT2D eigenvalue weighted by molar-refractivity contribution is 9.11. The first-order valence-corrected chi connectivity index (χ1v) is 6.65. The largest absolute Gasteiger partial charge is 0.336 e. The van der Waals surface area contributed by atoms with Crippen molar-refractivity contribution < 1.29 is 4.79 Å². The maximum absolute atomic E-state index is 12.1. The van der Waals surface area contributed by atoms with E-state index in [1.54, 1.807) is 0 Å². The van der Waals surface area contributed by atoms with Crippen molar-refractivity contribution in [2.75, 3.05) is 6.54 Å². The van der Waals surface area contributed by atoms with Crippen LogP contribution in [0.25, 0.3) is 0 Å². The Hall–Kier alpha value is -0.350. The van der Waals surface area contributed by atoms with Crippen LogP contribution in [0.3, 0.4) is 0 Å². The Bertz CT molecular complexity index is 340. The van der Waals surface area contributed by atoms with Gasteiger partial charge in [0.25, 0.3) is 5.91 Å². The maximum atomic E-state index is 12.1. The number of thiophene rings is 1. The van der Waals surface area contributed by atoms with Crippen molar-refractivity contribution in [3.63, 3.8) is 0 Å². The highest BCUT2D eigenvalue weighted by Crippen LogP contribution is 2.28. The topological polar surface area (TPSA) is 20.3 Å². The molecule has 84 valence electrons. The molecule has 0 N–H and O–H groups in total. The summed E-state index contributed by atoms with van der Waals surface area (Å²) >= 11 is 4.95. The molecule has 0 fully saturated rings. The first-order valence-electron chi connectivity index (χ1n) is 5.04. The van der Waals surface area contributed by atoms with Crippen LogP contribution < -0.4 is 0 Å². The number of rotatable bonds is 3. The Kier molecular flexibility index (Phi) is 4.34. The second kappa shape index (κ2) is 5.12. The minimum Gasteiger partial charge on any atom is -0.336 e. The molecule has 2 nitrogen and oxygen atoms in total. The molecule has 1 heterocycles. The van der Waals surface area contributed by atoms with Crippen molar-refractivity contribution in [2.45, 2.75) is 33.7 Å². The monoisotopic (exact) mass is 289 g/mol. The molecule has 4 heteroatoms. The van der Waals surface area contributed by atoms with E-state index in [0.717, 1.165) is 20.8 Å². The second-order valence-electron chi connectivity index (χ2n) is 3.75. The van der Waals surface area contributed by atoms with Crippen LogP contribution >= 0.6 is 27.3 Å². The van der Waals surface area contributed by atoms with Gasteiger partial charge < -0.3 is 4.90 Å². The summed E-state index contributed by atoms with van der Waals surface area (Å²) in [6, 6.07) is 2.20. The zero-order chi connectivity index (χ0) is 11.6. The molecule has 0 aliphatic heterocycles. The fourth-order valence-corrected chi connectivity index (χ4v) is 2.94. The Labute approximate surface area is 103 Å². The van der Waals surface area contributed by atoms with Gasteiger partial charge in [-0.25, -0.2) is 0 Å². The average molecular weight is 290 g/mol. The second-order valence-corrected chi connectivity index (χ2v) is 6.12. The number of hydrogen-bond donors (Lipinski definition) is 0. The Morgan fingerprint density at radius 1 is 1.60 bits per heavy atom. The molecule has 0 aliphatic carbocycles. The quantitative estimate of drug-likeness (QED) is 0.831. The van der Waals surface area contributed by atoms with Crippen molar-refractivity contribution in [1.29, 1.82) is 0 Å². The fourth-order valence-electron chi connectivity index (χ4n) is 1.45. The van der Waals surface area contributed by atoms with Crippen LogP contribution in [0, 0.1) is 6.92 Å². The molecule has 0 saturated carbocycles. The highest BCUT2D eigenvalue weighted by atomic mass is 79.9. The van der Waals surface area contributed by atoms with Crippen LogP contribution in [0.4, 0.5) is 0 Å². The van der Waals surface area contributed by atoms with Gasteiger partial charge in [-0.2, -0.15) is 0 Å². The fraction of sp³-hybridized carbons (Fsp3) is 0.545. The average Bonchev–Trinajstić information content (AvgIpc) is 2.47. The van der Waals surface area contributed by atoms with Crippen molar-refractivity contribution in [3.8, 4) is 0 Å². The van der Waals surface area contributed by atoms with Gasteiger partial charge in [-0.05, 0) is 55.3 Å². The summed E-state index contributed by atoms with van der Waals surface area (Å²) in [4.78, 5) is 14.8. The SMILES string of the molecule is CCN(C(=O)c1cc(C)c(Br)s1)C(C)C. The molecule has 0 atom stereocenters. The van der Waals surface area contributed by atoms with Crippen molar-refractivity contribution in [3.05, 3.63) is 20.3 Å². The summed E-state index contributed by atoms with van der Waals surface area (Å²) in [5.74, 6) is 0.131. The summed E-state index contributed by atoms with van der Waals surface area (Å²) in [6.45, 7) is 8.84. The molecular weight excluding hydrogens is 274 g/mol. The van der Waals surface area contributed by atoms with E-state index in [4.69, 9.17) is 0 Å². The third-order valence-corrected chi connectivity index (χ3v) is 4.42. The maximum Gasteiger partial charge on any atom is 0.264 e. The zero-order valence-corrected chi connectivity index (χ0v) is 11.9. The van der Waals surface area contributed by atoms with Crippen LogP contribution in [-0.4, -0.2) is 23.4 Å². The molecule has 0 aliphatic rings. The van der Waals surface area contributed by atoms with Gasteiger partial charge in [0, 0.05) is 12.6 Å². The molecule has 1 aromatic heterocycles. The van der Waals surface area contributed by atoms with Crippen LogP contribution in [-0.2, 0) is 0 Å². The lowest BCUT2D eigenvalue weighted by Crippen LogP contribution is -2.36. The van der Waals surface area contributed by atoms with Crippen LogP contribution in [0.1, 0.15) is 36.0 Å². The van der Waals surface area contributed by atoms with E-state index in [2.05, 4.69) is 15.9 Å². The van der Waals surface area contributed by atoms with E-state index in [1.807, 2.05) is 38.7 Å². The van der Waals surface area contributed by atoms with Crippen molar-refractivity contribution in [1.82, 2.24) is 4.90 Å². The zero-order valence-electron chi connectivity index (χ0n) is 9.50. The molecule has 0 radical (unpaired) electrons. The Morgan fingerprint density at radius 3 is 2.53 bits per heavy atom. The normalized spacial score (nSPS) is 10.8. The number of carbonyl (C=O) groups excluding carboxylic acids is 1. The van der Waals surface area contributed by atoms with Crippen molar-refractivity contribution in [2.24, 2.45) is 0 Å². The number of amides is 1. The van der Waals surface area contributed by atoms with Crippen LogP contribution in [0.5, 0.6) is 0 Å². The molecule has 0 aromatic carbocycles. The van der Waals surface area contributed by atoms with Crippen LogP contribution in [0.2, 0.25) is 0 Å². The van der Waals surface area contributed by atoms with Gasteiger partial charge in [-0.15, -0.1) is 11.3 Å². The molecular formula is C11H16BrNOS. The Balaban J connectivity index is 2.93. The lowest BCUT2D eigenvalue weighted by molar-refractivity contribution is 0.0722. The minimum absolute atomic E-state index is 0.131. The number of nitrogens with zero attached hydrogens (tertiary/aromatic N) is 1. The highest BCUT2D eigenvalue weighted by Gasteiger charge is 2.19. The lowest BCUT2D eigenvalue weighted by Gasteiger charge is -2.24. The smallest absolute Gasteiger partial charge is 0.264 e. The standard InChI is InChI=1S/C11H16BrNOS/c1-5-13(7(2)3)11(14)9-6-8(4)10(12)15-9/h6-7H,5H2,1-4H3. The predicted octanol–water partition coefficient (Wildman–Crippen LogP) is 3.69. The van der Waals surface area contributed by atoms with Gasteiger partial charge in [-0.3, -0.25) is 4.79 Å². The van der Waals surface area contributed by atoms with Crippen LogP contribution in [0.15, 0.2) is 9.85 Å². The molecule has 1 rings (SSSR count). The molecule has 0 spiro atoms. The number of aryl methyl sites for hydroxylation is 1. The van der Waals surface area contributed by atoms with E-state index >= 15 is 0 Å². The van der Waals surface area contributed by atoms with E-state index in [1.165, 1.54) is 11.3 Å². The van der Waals surface area contributed by atoms with E-state index < -0.39 is 0 Å². The van der Waals surface area contributed by atoms with E-state index in [0.29, 0.717) is 0 Å². The molecule has 15 heavy (non-hydrogen) atoms. The molecule has 0 unspecified atom stereocenters. The van der Waals surface area contributed by atoms with E-state index in [-0.39, 0.29) is 11.9 Å². The van der Waals surface area contributed by atoms with Gasteiger partial charge in [0.1, 0.15) is 0 Å². The first-order chi connectivity index (χ1) is 6.97. The van der Waals surface area contributed by atoms with Gasteiger partial charge in [-0.1, -0.05) is 0 Å². The summed E-state index contributed by atoms with van der Waals surface area (Å²) in [6.07, 6.45) is 0.